The number of anilines is 1. The van der Waals surface area contributed by atoms with Gasteiger partial charge >= 0.3 is 0 Å². The SMILES string of the molecule is CNS(=O)(=O)c1ccc(C)c(C(=O)Nc2cccc(C(=O)N(C)C)c2)c1. The molecule has 2 aromatic rings. The number of carbonyl (C=O) groups excluding carboxylic acids is 2. The lowest BCUT2D eigenvalue weighted by molar-refractivity contribution is 0.0827. The van der Waals surface area contributed by atoms with Crippen molar-refractivity contribution in [3.8, 4) is 0 Å². The van der Waals surface area contributed by atoms with E-state index in [-0.39, 0.29) is 16.4 Å². The average molecular weight is 375 g/mol. The minimum atomic E-state index is -3.65. The number of nitrogens with one attached hydrogen (secondary N) is 2. The van der Waals surface area contributed by atoms with Crippen molar-refractivity contribution in [3.63, 3.8) is 0 Å². The molecule has 0 spiro atoms. The third-order valence-electron chi connectivity index (χ3n) is 3.81. The molecule has 0 aliphatic carbocycles. The molecular weight excluding hydrogens is 354 g/mol. The zero-order chi connectivity index (χ0) is 19.5. The van der Waals surface area contributed by atoms with Gasteiger partial charge in [-0.2, -0.15) is 0 Å². The summed E-state index contributed by atoms with van der Waals surface area (Å²) < 4.78 is 26.1. The maximum atomic E-state index is 12.6. The number of amides is 2. The molecule has 0 aromatic heterocycles. The van der Waals surface area contributed by atoms with Gasteiger partial charge in [0.25, 0.3) is 11.8 Å². The van der Waals surface area contributed by atoms with E-state index in [0.29, 0.717) is 16.8 Å². The molecule has 138 valence electrons. The van der Waals surface area contributed by atoms with Crippen LogP contribution in [0.1, 0.15) is 26.3 Å². The van der Waals surface area contributed by atoms with Crippen LogP contribution in [0.5, 0.6) is 0 Å². The predicted molar refractivity (Wildman–Crippen MR) is 99.8 cm³/mol. The van der Waals surface area contributed by atoms with Crippen LogP contribution in [-0.4, -0.2) is 46.3 Å². The van der Waals surface area contributed by atoms with E-state index in [1.807, 2.05) is 0 Å². The highest BCUT2D eigenvalue weighted by atomic mass is 32.2. The van der Waals surface area contributed by atoms with E-state index < -0.39 is 15.9 Å². The first kappa shape index (κ1) is 19.6. The van der Waals surface area contributed by atoms with Crippen LogP contribution in [-0.2, 0) is 10.0 Å². The normalized spacial score (nSPS) is 11.1. The molecule has 0 bridgehead atoms. The number of hydrogen-bond acceptors (Lipinski definition) is 4. The lowest BCUT2D eigenvalue weighted by atomic mass is 10.1. The molecule has 0 radical (unpaired) electrons. The van der Waals surface area contributed by atoms with E-state index in [1.165, 1.54) is 24.1 Å². The molecule has 0 aliphatic heterocycles. The molecule has 0 saturated heterocycles. The molecule has 2 rings (SSSR count). The Morgan fingerprint density at radius 1 is 1.04 bits per heavy atom. The Bertz CT molecular complexity index is 953. The van der Waals surface area contributed by atoms with Crippen LogP contribution in [0.25, 0.3) is 0 Å². The zero-order valence-corrected chi connectivity index (χ0v) is 15.8. The topological polar surface area (TPSA) is 95.6 Å². The summed E-state index contributed by atoms with van der Waals surface area (Å²) >= 11 is 0. The smallest absolute Gasteiger partial charge is 0.255 e. The Hall–Kier alpha value is -2.71. The van der Waals surface area contributed by atoms with Crippen LogP contribution in [0.3, 0.4) is 0 Å². The zero-order valence-electron chi connectivity index (χ0n) is 15.0. The molecule has 2 aromatic carbocycles. The van der Waals surface area contributed by atoms with Gasteiger partial charge in [-0.05, 0) is 49.9 Å². The van der Waals surface area contributed by atoms with Crippen LogP contribution in [0.4, 0.5) is 5.69 Å². The van der Waals surface area contributed by atoms with E-state index in [2.05, 4.69) is 10.0 Å². The first-order chi connectivity index (χ1) is 12.2. The van der Waals surface area contributed by atoms with Crippen molar-refractivity contribution >= 4 is 27.5 Å². The van der Waals surface area contributed by atoms with Crippen molar-refractivity contribution < 1.29 is 18.0 Å². The molecule has 2 N–H and O–H groups in total. The van der Waals surface area contributed by atoms with Gasteiger partial charge in [0.1, 0.15) is 0 Å². The Morgan fingerprint density at radius 3 is 2.35 bits per heavy atom. The second-order valence-electron chi connectivity index (χ2n) is 5.92. The summed E-state index contributed by atoms with van der Waals surface area (Å²) in [4.78, 5) is 26.1. The number of nitrogens with zero attached hydrogens (tertiary/aromatic N) is 1. The molecule has 26 heavy (non-hydrogen) atoms. The van der Waals surface area contributed by atoms with Crippen molar-refractivity contribution in [2.45, 2.75) is 11.8 Å². The van der Waals surface area contributed by atoms with Crippen LogP contribution in [0, 0.1) is 6.92 Å². The van der Waals surface area contributed by atoms with Crippen LogP contribution in [0.2, 0.25) is 0 Å². The van der Waals surface area contributed by atoms with Gasteiger partial charge in [-0.1, -0.05) is 12.1 Å². The second kappa shape index (κ2) is 7.67. The van der Waals surface area contributed by atoms with Crippen LogP contribution >= 0.6 is 0 Å². The second-order valence-corrected chi connectivity index (χ2v) is 7.81. The summed E-state index contributed by atoms with van der Waals surface area (Å²) in [6, 6.07) is 10.9. The van der Waals surface area contributed by atoms with Crippen LogP contribution in [0.15, 0.2) is 47.4 Å². The van der Waals surface area contributed by atoms with E-state index >= 15 is 0 Å². The fourth-order valence-electron chi connectivity index (χ4n) is 2.32. The number of carbonyl (C=O) groups is 2. The first-order valence-electron chi connectivity index (χ1n) is 7.83. The Morgan fingerprint density at radius 2 is 1.73 bits per heavy atom. The molecule has 0 unspecified atom stereocenters. The third-order valence-corrected chi connectivity index (χ3v) is 5.22. The van der Waals surface area contributed by atoms with Crippen LogP contribution < -0.4 is 10.0 Å². The van der Waals surface area contributed by atoms with Gasteiger partial charge in [-0.25, -0.2) is 13.1 Å². The molecule has 0 atom stereocenters. The molecule has 7 nitrogen and oxygen atoms in total. The van der Waals surface area contributed by atoms with E-state index in [4.69, 9.17) is 0 Å². The summed E-state index contributed by atoms with van der Waals surface area (Å²) in [6.45, 7) is 1.72. The number of hydrogen-bond donors (Lipinski definition) is 2. The lowest BCUT2D eigenvalue weighted by Crippen LogP contribution is -2.22. The van der Waals surface area contributed by atoms with Crippen molar-refractivity contribution in [2.24, 2.45) is 0 Å². The Labute approximate surface area is 153 Å². The van der Waals surface area contributed by atoms with Gasteiger partial charge in [-0.3, -0.25) is 9.59 Å². The average Bonchev–Trinajstić information content (AvgIpc) is 2.61. The summed E-state index contributed by atoms with van der Waals surface area (Å²) in [5, 5.41) is 2.71. The highest BCUT2D eigenvalue weighted by Crippen LogP contribution is 2.18. The van der Waals surface area contributed by atoms with E-state index in [0.717, 1.165) is 0 Å². The summed E-state index contributed by atoms with van der Waals surface area (Å²) in [5.74, 6) is -0.635. The quantitative estimate of drug-likeness (QED) is 0.834. The highest BCUT2D eigenvalue weighted by Gasteiger charge is 2.17. The predicted octanol–water partition coefficient (Wildman–Crippen LogP) is 1.86. The molecular formula is C18H21N3O4S. The summed E-state index contributed by atoms with van der Waals surface area (Å²) in [6.07, 6.45) is 0. The van der Waals surface area contributed by atoms with Gasteiger partial charge in [0.2, 0.25) is 10.0 Å². The van der Waals surface area contributed by atoms with Gasteiger partial charge < -0.3 is 10.2 Å². The minimum Gasteiger partial charge on any atom is -0.345 e. The van der Waals surface area contributed by atoms with Crippen molar-refractivity contribution in [3.05, 3.63) is 59.2 Å². The molecule has 0 saturated carbocycles. The molecule has 2 amide bonds. The van der Waals surface area contributed by atoms with Crippen molar-refractivity contribution in [2.75, 3.05) is 26.5 Å². The maximum Gasteiger partial charge on any atom is 0.255 e. The maximum absolute atomic E-state index is 12.6. The highest BCUT2D eigenvalue weighted by molar-refractivity contribution is 7.89. The Kier molecular flexibility index (Phi) is 5.79. The monoisotopic (exact) mass is 375 g/mol. The Balaban J connectivity index is 2.32. The first-order valence-corrected chi connectivity index (χ1v) is 9.31. The van der Waals surface area contributed by atoms with Gasteiger partial charge in [0.05, 0.1) is 4.90 Å². The number of rotatable bonds is 5. The molecule has 0 fully saturated rings. The van der Waals surface area contributed by atoms with E-state index in [1.54, 1.807) is 51.4 Å². The van der Waals surface area contributed by atoms with Gasteiger partial charge in [0.15, 0.2) is 0 Å². The molecule has 8 heteroatoms. The van der Waals surface area contributed by atoms with Crippen molar-refractivity contribution in [1.82, 2.24) is 9.62 Å². The summed E-state index contributed by atoms with van der Waals surface area (Å²) in [7, 11) is 0.943. The van der Waals surface area contributed by atoms with Gasteiger partial charge in [-0.15, -0.1) is 0 Å². The fourth-order valence-corrected chi connectivity index (χ4v) is 3.07. The largest absolute Gasteiger partial charge is 0.345 e. The number of benzene rings is 2. The minimum absolute atomic E-state index is 0.00675. The van der Waals surface area contributed by atoms with Gasteiger partial charge in [0, 0.05) is 30.9 Å². The third kappa shape index (κ3) is 4.27. The van der Waals surface area contributed by atoms with Crippen molar-refractivity contribution in [1.29, 1.82) is 0 Å². The standard InChI is InChI=1S/C18H21N3O4S/c1-12-8-9-15(26(24,25)19-2)11-16(12)17(22)20-14-7-5-6-13(10-14)18(23)21(3)4/h5-11,19H,1-4H3,(H,20,22). The molecule has 0 aliphatic rings. The lowest BCUT2D eigenvalue weighted by Gasteiger charge is -2.13. The number of aryl methyl sites for hydroxylation is 1. The van der Waals surface area contributed by atoms with E-state index in [9.17, 15) is 18.0 Å². The molecule has 0 heterocycles. The fraction of sp³-hybridized carbons (Fsp3) is 0.222. The summed E-state index contributed by atoms with van der Waals surface area (Å²) in [5.41, 5.74) is 1.77. The number of sulfonamides is 1.